The van der Waals surface area contributed by atoms with Crippen LogP contribution < -0.4 is 10.2 Å². The van der Waals surface area contributed by atoms with Crippen LogP contribution >= 0.6 is 0 Å². The second-order valence-corrected chi connectivity index (χ2v) is 5.58. The zero-order valence-corrected chi connectivity index (χ0v) is 11.8. The Bertz CT molecular complexity index is 456. The fourth-order valence-electron chi connectivity index (χ4n) is 2.63. The minimum atomic E-state index is -0.441. The van der Waals surface area contributed by atoms with Crippen LogP contribution in [0.2, 0.25) is 0 Å². The van der Waals surface area contributed by atoms with Crippen molar-refractivity contribution in [2.75, 3.05) is 25.0 Å². The highest BCUT2D eigenvalue weighted by Gasteiger charge is 2.39. The van der Waals surface area contributed by atoms with Gasteiger partial charge in [-0.1, -0.05) is 12.1 Å². The Morgan fingerprint density at radius 2 is 2.05 bits per heavy atom. The lowest BCUT2D eigenvalue weighted by molar-refractivity contribution is -0.128. The van der Waals surface area contributed by atoms with Crippen LogP contribution in [0, 0.1) is 5.41 Å². The number of carbonyl (C=O) groups excluding carboxylic acids is 1. The SMILES string of the molecule is CNC(=O)C1(C)CCN(c2ccc([C@@H](C)O)cc2)C1. The molecular weight excluding hydrogens is 240 g/mol. The molecule has 0 aliphatic carbocycles. The van der Waals surface area contributed by atoms with Crippen molar-refractivity contribution in [1.29, 1.82) is 0 Å². The van der Waals surface area contributed by atoms with E-state index in [-0.39, 0.29) is 11.3 Å². The van der Waals surface area contributed by atoms with Gasteiger partial charge in [0, 0.05) is 25.8 Å². The molecule has 1 aromatic carbocycles. The van der Waals surface area contributed by atoms with Crippen LogP contribution in [0.25, 0.3) is 0 Å². The first-order chi connectivity index (χ1) is 8.96. The van der Waals surface area contributed by atoms with Crippen molar-refractivity contribution in [3.8, 4) is 0 Å². The third-order valence-corrected chi connectivity index (χ3v) is 3.99. The van der Waals surface area contributed by atoms with E-state index in [1.807, 2.05) is 31.2 Å². The summed E-state index contributed by atoms with van der Waals surface area (Å²) in [5.74, 6) is 0.107. The molecule has 1 saturated heterocycles. The third kappa shape index (κ3) is 2.73. The number of hydrogen-bond donors (Lipinski definition) is 2. The van der Waals surface area contributed by atoms with E-state index in [1.165, 1.54) is 0 Å². The molecular formula is C15H22N2O2. The summed E-state index contributed by atoms with van der Waals surface area (Å²) < 4.78 is 0. The summed E-state index contributed by atoms with van der Waals surface area (Å²) in [4.78, 5) is 14.1. The van der Waals surface area contributed by atoms with E-state index in [2.05, 4.69) is 10.2 Å². The number of anilines is 1. The van der Waals surface area contributed by atoms with Crippen LogP contribution in [0.15, 0.2) is 24.3 Å². The zero-order chi connectivity index (χ0) is 14.0. The van der Waals surface area contributed by atoms with Crippen LogP contribution in [0.4, 0.5) is 5.69 Å². The number of aliphatic hydroxyl groups is 1. The van der Waals surface area contributed by atoms with Gasteiger partial charge >= 0.3 is 0 Å². The van der Waals surface area contributed by atoms with Crippen molar-refractivity contribution >= 4 is 11.6 Å². The molecule has 1 aliphatic heterocycles. The normalized spacial score (nSPS) is 24.3. The highest BCUT2D eigenvalue weighted by molar-refractivity contribution is 5.83. The van der Waals surface area contributed by atoms with Gasteiger partial charge in [-0.25, -0.2) is 0 Å². The van der Waals surface area contributed by atoms with Gasteiger partial charge in [0.25, 0.3) is 0 Å². The largest absolute Gasteiger partial charge is 0.389 e. The van der Waals surface area contributed by atoms with Crippen LogP contribution in [0.5, 0.6) is 0 Å². The second kappa shape index (κ2) is 5.21. The average molecular weight is 262 g/mol. The van der Waals surface area contributed by atoms with Crippen LogP contribution in [0.3, 0.4) is 0 Å². The van der Waals surface area contributed by atoms with Gasteiger partial charge in [-0.2, -0.15) is 0 Å². The molecule has 1 aliphatic rings. The molecule has 2 N–H and O–H groups in total. The predicted molar refractivity (Wildman–Crippen MR) is 76.1 cm³/mol. The van der Waals surface area contributed by atoms with Gasteiger partial charge in [0.15, 0.2) is 0 Å². The van der Waals surface area contributed by atoms with Gasteiger partial charge in [0.2, 0.25) is 5.91 Å². The maximum Gasteiger partial charge on any atom is 0.227 e. The van der Waals surface area contributed by atoms with Crippen LogP contribution in [-0.2, 0) is 4.79 Å². The lowest BCUT2D eigenvalue weighted by Gasteiger charge is -2.24. The Morgan fingerprint density at radius 3 is 2.58 bits per heavy atom. The quantitative estimate of drug-likeness (QED) is 0.872. The lowest BCUT2D eigenvalue weighted by atomic mass is 9.89. The number of nitrogens with one attached hydrogen (secondary N) is 1. The summed E-state index contributed by atoms with van der Waals surface area (Å²) in [6, 6.07) is 7.90. The summed E-state index contributed by atoms with van der Waals surface area (Å²) in [6.07, 6.45) is 0.425. The predicted octanol–water partition coefficient (Wildman–Crippen LogP) is 1.70. The molecule has 0 bridgehead atoms. The number of rotatable bonds is 3. The number of hydrogen-bond acceptors (Lipinski definition) is 3. The standard InChI is InChI=1S/C15H22N2O2/c1-11(18)12-4-6-13(7-5-12)17-9-8-15(2,10-17)14(19)16-3/h4-7,11,18H,8-10H2,1-3H3,(H,16,19)/t11-,15?/m1/s1. The van der Waals surface area contributed by atoms with E-state index in [1.54, 1.807) is 14.0 Å². The molecule has 0 radical (unpaired) electrons. The monoisotopic (exact) mass is 262 g/mol. The number of benzene rings is 1. The van der Waals surface area contributed by atoms with Crippen molar-refractivity contribution in [3.63, 3.8) is 0 Å². The summed E-state index contributed by atoms with van der Waals surface area (Å²) in [5.41, 5.74) is 1.71. The van der Waals surface area contributed by atoms with Gasteiger partial charge in [0.1, 0.15) is 0 Å². The Kier molecular flexibility index (Phi) is 3.80. The lowest BCUT2D eigenvalue weighted by Crippen LogP contribution is -2.39. The van der Waals surface area contributed by atoms with E-state index < -0.39 is 6.10 Å². The molecule has 1 unspecified atom stereocenters. The van der Waals surface area contributed by atoms with Crippen LogP contribution in [-0.4, -0.2) is 31.2 Å². The zero-order valence-electron chi connectivity index (χ0n) is 11.8. The number of aliphatic hydroxyl groups excluding tert-OH is 1. The Hall–Kier alpha value is -1.55. The molecule has 1 fully saturated rings. The van der Waals surface area contributed by atoms with Crippen molar-refractivity contribution in [2.24, 2.45) is 5.41 Å². The number of carbonyl (C=O) groups is 1. The first-order valence-electron chi connectivity index (χ1n) is 6.71. The maximum atomic E-state index is 11.9. The van der Waals surface area contributed by atoms with E-state index in [4.69, 9.17) is 0 Å². The molecule has 0 spiro atoms. The van der Waals surface area contributed by atoms with Crippen molar-refractivity contribution in [3.05, 3.63) is 29.8 Å². The van der Waals surface area contributed by atoms with Crippen LogP contribution in [0.1, 0.15) is 31.9 Å². The molecule has 0 saturated carbocycles. The molecule has 2 rings (SSSR count). The first-order valence-corrected chi connectivity index (χ1v) is 6.71. The Balaban J connectivity index is 2.10. The molecule has 1 heterocycles. The van der Waals surface area contributed by atoms with E-state index in [0.29, 0.717) is 0 Å². The highest BCUT2D eigenvalue weighted by atomic mass is 16.3. The van der Waals surface area contributed by atoms with Crippen molar-refractivity contribution in [2.45, 2.75) is 26.4 Å². The van der Waals surface area contributed by atoms with Gasteiger partial charge in [-0.15, -0.1) is 0 Å². The topological polar surface area (TPSA) is 52.6 Å². The number of nitrogens with zero attached hydrogens (tertiary/aromatic N) is 1. The fourth-order valence-corrected chi connectivity index (χ4v) is 2.63. The van der Waals surface area contributed by atoms with Gasteiger partial charge in [0.05, 0.1) is 11.5 Å². The highest BCUT2D eigenvalue weighted by Crippen LogP contribution is 2.33. The molecule has 104 valence electrons. The summed E-state index contributed by atoms with van der Waals surface area (Å²) >= 11 is 0. The fraction of sp³-hybridized carbons (Fsp3) is 0.533. The minimum Gasteiger partial charge on any atom is -0.389 e. The van der Waals surface area contributed by atoms with Gasteiger partial charge in [-0.3, -0.25) is 4.79 Å². The summed E-state index contributed by atoms with van der Waals surface area (Å²) in [6.45, 7) is 5.39. The summed E-state index contributed by atoms with van der Waals surface area (Å²) in [5, 5.41) is 12.2. The van der Waals surface area contributed by atoms with E-state index in [9.17, 15) is 9.90 Å². The molecule has 4 nitrogen and oxygen atoms in total. The Labute approximate surface area is 114 Å². The third-order valence-electron chi connectivity index (χ3n) is 3.99. The maximum absolute atomic E-state index is 11.9. The molecule has 0 aromatic heterocycles. The molecule has 2 atom stereocenters. The second-order valence-electron chi connectivity index (χ2n) is 5.58. The number of amides is 1. The molecule has 19 heavy (non-hydrogen) atoms. The Morgan fingerprint density at radius 1 is 1.42 bits per heavy atom. The minimum absolute atomic E-state index is 0.107. The first kappa shape index (κ1) is 13.9. The van der Waals surface area contributed by atoms with Gasteiger partial charge < -0.3 is 15.3 Å². The summed E-state index contributed by atoms with van der Waals surface area (Å²) in [7, 11) is 1.69. The molecule has 4 heteroatoms. The van der Waals surface area contributed by atoms with Gasteiger partial charge in [-0.05, 0) is 38.0 Å². The van der Waals surface area contributed by atoms with E-state index in [0.717, 1.165) is 30.8 Å². The van der Waals surface area contributed by atoms with Crippen molar-refractivity contribution in [1.82, 2.24) is 5.32 Å². The molecule has 1 amide bonds. The average Bonchev–Trinajstić information content (AvgIpc) is 2.82. The smallest absolute Gasteiger partial charge is 0.227 e. The van der Waals surface area contributed by atoms with E-state index >= 15 is 0 Å². The van der Waals surface area contributed by atoms with Crippen molar-refractivity contribution < 1.29 is 9.90 Å². The molecule has 1 aromatic rings.